The fraction of sp³-hybridized carbons (Fsp3) is 0.100. The van der Waals surface area contributed by atoms with Crippen LogP contribution in [-0.4, -0.2) is 0 Å². The Kier molecular flexibility index (Phi) is 1.42. The molecule has 1 heteroatoms. The van der Waals surface area contributed by atoms with Crippen LogP contribution >= 0.6 is 0 Å². The zero-order chi connectivity index (χ0) is 7.68. The van der Waals surface area contributed by atoms with Crippen LogP contribution in [0.2, 0.25) is 0 Å². The van der Waals surface area contributed by atoms with Crippen LogP contribution in [0.3, 0.4) is 0 Å². The van der Waals surface area contributed by atoms with Gasteiger partial charge in [-0.25, -0.2) is 0 Å². The van der Waals surface area contributed by atoms with Gasteiger partial charge < -0.3 is 4.42 Å². The molecule has 0 bridgehead atoms. The summed E-state index contributed by atoms with van der Waals surface area (Å²) < 4.78 is 5.29. The predicted molar refractivity (Wildman–Crippen MR) is 44.4 cm³/mol. The minimum atomic E-state index is 0.709. The van der Waals surface area contributed by atoms with Crippen LogP contribution in [0.1, 0.15) is 5.76 Å². The van der Waals surface area contributed by atoms with Crippen LogP contribution in [0.4, 0.5) is 0 Å². The summed E-state index contributed by atoms with van der Waals surface area (Å²) in [5.41, 5.74) is 2.39. The highest BCUT2D eigenvalue weighted by atomic mass is 16.3. The Hall–Kier alpha value is -1.24. The van der Waals surface area contributed by atoms with Gasteiger partial charge in [-0.15, -0.1) is 0 Å². The van der Waals surface area contributed by atoms with E-state index in [1.54, 1.807) is 6.26 Å². The Balaban J connectivity index is 2.59. The summed E-state index contributed by atoms with van der Waals surface area (Å²) in [6, 6.07) is 8.16. The first-order valence-corrected chi connectivity index (χ1v) is 3.65. The molecule has 0 fully saturated rings. The smallest absolute Gasteiger partial charge is 0.104 e. The van der Waals surface area contributed by atoms with Crippen molar-refractivity contribution in [2.24, 2.45) is 0 Å². The number of hydrogen-bond donors (Lipinski definition) is 0. The number of hydrogen-bond acceptors (Lipinski definition) is 1. The van der Waals surface area contributed by atoms with Gasteiger partial charge in [0.2, 0.25) is 0 Å². The van der Waals surface area contributed by atoms with Crippen LogP contribution < -0.4 is 0 Å². The van der Waals surface area contributed by atoms with Gasteiger partial charge in [0.25, 0.3) is 0 Å². The molecule has 0 atom stereocenters. The minimum absolute atomic E-state index is 0.709. The first-order valence-electron chi connectivity index (χ1n) is 3.65. The highest BCUT2D eigenvalue weighted by Crippen LogP contribution is 2.23. The van der Waals surface area contributed by atoms with Gasteiger partial charge in [-0.1, -0.05) is 18.2 Å². The summed E-state index contributed by atoms with van der Waals surface area (Å²) in [4.78, 5) is 0. The Morgan fingerprint density at radius 1 is 1.27 bits per heavy atom. The van der Waals surface area contributed by atoms with Gasteiger partial charge in [-0.3, -0.25) is 0 Å². The van der Waals surface area contributed by atoms with Crippen molar-refractivity contribution in [1.82, 2.24) is 0 Å². The zero-order valence-corrected chi connectivity index (χ0v) is 6.21. The minimum Gasteiger partial charge on any atom is -0.469 e. The van der Waals surface area contributed by atoms with Crippen LogP contribution in [0.5, 0.6) is 0 Å². The van der Waals surface area contributed by atoms with E-state index in [0.717, 1.165) is 11.3 Å². The van der Waals surface area contributed by atoms with Gasteiger partial charge in [0.15, 0.2) is 0 Å². The van der Waals surface area contributed by atoms with E-state index in [4.69, 9.17) is 4.42 Å². The van der Waals surface area contributed by atoms with Gasteiger partial charge in [0, 0.05) is 12.0 Å². The summed E-state index contributed by atoms with van der Waals surface area (Å²) >= 11 is 0. The molecule has 0 aromatic carbocycles. The van der Waals surface area contributed by atoms with E-state index in [1.165, 1.54) is 5.56 Å². The predicted octanol–water partition coefficient (Wildman–Crippen LogP) is 2.76. The molecule has 1 heterocycles. The molecule has 0 saturated heterocycles. The van der Waals surface area contributed by atoms with E-state index in [9.17, 15) is 0 Å². The first-order chi connectivity index (χ1) is 5.40. The summed E-state index contributed by atoms with van der Waals surface area (Å²) in [6.07, 6.45) is 2.48. The van der Waals surface area contributed by atoms with E-state index < -0.39 is 0 Å². The Bertz CT molecular complexity index is 322. The largest absolute Gasteiger partial charge is 0.469 e. The van der Waals surface area contributed by atoms with Crippen molar-refractivity contribution < 1.29 is 4.42 Å². The molecule has 1 radical (unpaired) electrons. The molecule has 1 aliphatic heterocycles. The van der Waals surface area contributed by atoms with E-state index in [2.05, 4.69) is 13.0 Å². The van der Waals surface area contributed by atoms with Gasteiger partial charge in [-0.2, -0.15) is 0 Å². The SMILES string of the molecule is [CH2]Cc1cc2cccc-2co1. The van der Waals surface area contributed by atoms with Crippen molar-refractivity contribution in [3.63, 3.8) is 0 Å². The average Bonchev–Trinajstić information content (AvgIpc) is 2.50. The summed E-state index contributed by atoms with van der Waals surface area (Å²) in [5, 5.41) is 0. The lowest BCUT2D eigenvalue weighted by atomic mass is 10.1. The molecule has 0 N–H and O–H groups in total. The highest BCUT2D eigenvalue weighted by Gasteiger charge is 2.02. The second-order valence-corrected chi connectivity index (χ2v) is 2.53. The van der Waals surface area contributed by atoms with Crippen molar-refractivity contribution in [3.8, 4) is 11.1 Å². The zero-order valence-electron chi connectivity index (χ0n) is 6.21. The molecule has 1 nitrogen and oxygen atoms in total. The number of rotatable bonds is 1. The Morgan fingerprint density at radius 3 is 2.91 bits per heavy atom. The lowest BCUT2D eigenvalue weighted by Crippen LogP contribution is -1.80. The molecule has 1 aliphatic carbocycles. The lowest BCUT2D eigenvalue weighted by Gasteiger charge is -1.99. The van der Waals surface area contributed by atoms with E-state index in [1.807, 2.05) is 18.2 Å². The second-order valence-electron chi connectivity index (χ2n) is 2.53. The van der Waals surface area contributed by atoms with Crippen molar-refractivity contribution >= 4 is 0 Å². The second kappa shape index (κ2) is 2.42. The molecule has 55 valence electrons. The molecule has 2 rings (SSSR count). The number of fused-ring (bicyclic) bond motifs is 1. The van der Waals surface area contributed by atoms with E-state index in [-0.39, 0.29) is 0 Å². The van der Waals surface area contributed by atoms with Crippen LogP contribution in [-0.2, 0) is 6.42 Å². The van der Waals surface area contributed by atoms with E-state index >= 15 is 0 Å². The molecule has 0 spiro atoms. The molecular formula is C10H9O. The maximum atomic E-state index is 5.29. The fourth-order valence-electron chi connectivity index (χ4n) is 1.16. The van der Waals surface area contributed by atoms with E-state index in [0.29, 0.717) is 6.42 Å². The molecule has 0 saturated carbocycles. The molecule has 0 aromatic rings. The Morgan fingerprint density at radius 2 is 2.09 bits per heavy atom. The van der Waals surface area contributed by atoms with Crippen molar-refractivity contribution in [3.05, 3.63) is 43.2 Å². The summed E-state index contributed by atoms with van der Waals surface area (Å²) in [5.74, 6) is 0.934. The standard InChI is InChI=1S/C10H9O/c1-2-10-6-8-4-3-5-9(8)7-11-10/h3-7H,1-2H2. The van der Waals surface area contributed by atoms with Gasteiger partial charge in [-0.05, 0) is 18.6 Å². The molecule has 0 aromatic heterocycles. The van der Waals surface area contributed by atoms with Crippen LogP contribution in [0, 0.1) is 6.92 Å². The quantitative estimate of drug-likeness (QED) is 0.601. The van der Waals surface area contributed by atoms with Gasteiger partial charge in [0.1, 0.15) is 5.76 Å². The third-order valence-electron chi connectivity index (χ3n) is 1.79. The summed E-state index contributed by atoms with van der Waals surface area (Å²) in [6.45, 7) is 3.75. The normalized spacial score (nSPS) is 10.6. The molecular weight excluding hydrogens is 136 g/mol. The van der Waals surface area contributed by atoms with Crippen LogP contribution in [0.25, 0.3) is 11.1 Å². The molecule has 2 aliphatic rings. The van der Waals surface area contributed by atoms with Gasteiger partial charge >= 0.3 is 0 Å². The van der Waals surface area contributed by atoms with Crippen molar-refractivity contribution in [1.29, 1.82) is 0 Å². The molecule has 0 unspecified atom stereocenters. The molecule has 11 heavy (non-hydrogen) atoms. The lowest BCUT2D eigenvalue weighted by molar-refractivity contribution is 0.506. The topological polar surface area (TPSA) is 13.1 Å². The maximum Gasteiger partial charge on any atom is 0.104 e. The Labute approximate surface area is 66.0 Å². The third kappa shape index (κ3) is 1.03. The first kappa shape index (κ1) is 6.47. The third-order valence-corrected chi connectivity index (χ3v) is 1.79. The van der Waals surface area contributed by atoms with Crippen LogP contribution in [0.15, 0.2) is 34.9 Å². The van der Waals surface area contributed by atoms with Crippen molar-refractivity contribution in [2.75, 3.05) is 0 Å². The highest BCUT2D eigenvalue weighted by molar-refractivity contribution is 5.64. The maximum absolute atomic E-state index is 5.29. The fourth-order valence-corrected chi connectivity index (χ4v) is 1.16. The summed E-state index contributed by atoms with van der Waals surface area (Å²) in [7, 11) is 0. The van der Waals surface area contributed by atoms with Crippen molar-refractivity contribution in [2.45, 2.75) is 6.42 Å². The van der Waals surface area contributed by atoms with Gasteiger partial charge in [0.05, 0.1) is 6.26 Å². The average molecular weight is 145 g/mol. The molecule has 0 amide bonds. The monoisotopic (exact) mass is 145 g/mol.